The number of aldehydes is 1. The van der Waals surface area contributed by atoms with Crippen LogP contribution in [0.15, 0.2) is 66.7 Å². The summed E-state index contributed by atoms with van der Waals surface area (Å²) in [7, 11) is 0. The van der Waals surface area contributed by atoms with E-state index in [1.807, 2.05) is 18.2 Å². The Balaban J connectivity index is 1.50. The first kappa shape index (κ1) is 16.4. The maximum absolute atomic E-state index is 11.2. The van der Waals surface area contributed by atoms with E-state index in [9.17, 15) is 4.79 Å². The lowest BCUT2D eigenvalue weighted by Crippen LogP contribution is -1.92. The third-order valence-corrected chi connectivity index (χ3v) is 4.68. The zero-order valence-electron chi connectivity index (χ0n) is 14.1. The monoisotopic (exact) mass is 316 g/mol. The standard InChI is InChI=1S/C23H24O/c24-18-21-17-16-20(22-14-8-9-15-23(21)22)13-7-2-1-4-10-19-11-5-3-6-12-19/h3,5-6,8-9,11-12,14-18H,1-2,4,7,10,13H2. The van der Waals surface area contributed by atoms with Gasteiger partial charge in [0.25, 0.3) is 0 Å². The molecule has 1 heteroatoms. The van der Waals surface area contributed by atoms with Crippen LogP contribution >= 0.6 is 0 Å². The zero-order chi connectivity index (χ0) is 16.6. The summed E-state index contributed by atoms with van der Waals surface area (Å²) in [6.07, 6.45) is 8.22. The zero-order valence-corrected chi connectivity index (χ0v) is 14.1. The lowest BCUT2D eigenvalue weighted by Gasteiger charge is -2.08. The molecule has 122 valence electrons. The number of unbranched alkanes of at least 4 members (excludes halogenated alkanes) is 3. The first-order valence-electron chi connectivity index (χ1n) is 8.88. The van der Waals surface area contributed by atoms with E-state index in [0.717, 1.165) is 23.7 Å². The van der Waals surface area contributed by atoms with Gasteiger partial charge in [-0.3, -0.25) is 4.79 Å². The van der Waals surface area contributed by atoms with Crippen molar-refractivity contribution in [1.29, 1.82) is 0 Å². The molecule has 0 spiro atoms. The van der Waals surface area contributed by atoms with E-state index in [-0.39, 0.29) is 0 Å². The Morgan fingerprint density at radius 3 is 2.04 bits per heavy atom. The highest BCUT2D eigenvalue weighted by Crippen LogP contribution is 2.23. The minimum Gasteiger partial charge on any atom is -0.298 e. The number of carbonyl (C=O) groups is 1. The molecule has 24 heavy (non-hydrogen) atoms. The summed E-state index contributed by atoms with van der Waals surface area (Å²) < 4.78 is 0. The molecule has 0 radical (unpaired) electrons. The minimum atomic E-state index is 0.789. The van der Waals surface area contributed by atoms with Crippen LogP contribution in [0.2, 0.25) is 0 Å². The van der Waals surface area contributed by atoms with E-state index in [4.69, 9.17) is 0 Å². The lowest BCUT2D eigenvalue weighted by atomic mass is 9.96. The molecule has 0 amide bonds. The van der Waals surface area contributed by atoms with Crippen molar-refractivity contribution in [1.82, 2.24) is 0 Å². The number of carbonyl (C=O) groups excluding carboxylic acids is 1. The molecule has 0 saturated heterocycles. The van der Waals surface area contributed by atoms with Crippen LogP contribution in [0.3, 0.4) is 0 Å². The molecular weight excluding hydrogens is 292 g/mol. The van der Waals surface area contributed by atoms with Crippen LogP contribution in [0.4, 0.5) is 0 Å². The van der Waals surface area contributed by atoms with Gasteiger partial charge in [0.15, 0.2) is 6.29 Å². The molecule has 0 aromatic heterocycles. The predicted octanol–water partition coefficient (Wildman–Crippen LogP) is 6.00. The van der Waals surface area contributed by atoms with Crippen molar-refractivity contribution in [2.45, 2.75) is 38.5 Å². The summed E-state index contributed by atoms with van der Waals surface area (Å²) >= 11 is 0. The van der Waals surface area contributed by atoms with Crippen molar-refractivity contribution in [3.8, 4) is 0 Å². The number of rotatable bonds is 8. The van der Waals surface area contributed by atoms with E-state index in [2.05, 4.69) is 48.5 Å². The maximum Gasteiger partial charge on any atom is 0.150 e. The lowest BCUT2D eigenvalue weighted by molar-refractivity contribution is 0.112. The molecule has 0 unspecified atom stereocenters. The number of benzene rings is 3. The van der Waals surface area contributed by atoms with Gasteiger partial charge < -0.3 is 0 Å². The molecule has 0 atom stereocenters. The van der Waals surface area contributed by atoms with Crippen molar-refractivity contribution in [2.75, 3.05) is 0 Å². The SMILES string of the molecule is O=Cc1ccc(CCCCCCc2ccccc2)c2ccccc12. The Bertz CT molecular complexity index is 789. The summed E-state index contributed by atoms with van der Waals surface area (Å²) in [5, 5.41) is 2.31. The van der Waals surface area contributed by atoms with Crippen LogP contribution in [0.1, 0.15) is 47.2 Å². The second-order valence-electron chi connectivity index (χ2n) is 6.38. The quantitative estimate of drug-likeness (QED) is 0.368. The van der Waals surface area contributed by atoms with E-state index in [1.165, 1.54) is 48.6 Å². The Kier molecular flexibility index (Phi) is 5.79. The average Bonchev–Trinajstić information content (AvgIpc) is 2.65. The fraction of sp³-hybridized carbons (Fsp3) is 0.261. The van der Waals surface area contributed by atoms with Crippen molar-refractivity contribution in [2.24, 2.45) is 0 Å². The number of aryl methyl sites for hydroxylation is 2. The smallest absolute Gasteiger partial charge is 0.150 e. The van der Waals surface area contributed by atoms with Gasteiger partial charge in [0.1, 0.15) is 0 Å². The number of hydrogen-bond acceptors (Lipinski definition) is 1. The summed E-state index contributed by atoms with van der Waals surface area (Å²) in [6, 6.07) is 23.0. The topological polar surface area (TPSA) is 17.1 Å². The fourth-order valence-corrected chi connectivity index (χ4v) is 3.35. The van der Waals surface area contributed by atoms with Gasteiger partial charge >= 0.3 is 0 Å². The van der Waals surface area contributed by atoms with Crippen LogP contribution in [0, 0.1) is 0 Å². The summed E-state index contributed by atoms with van der Waals surface area (Å²) in [5.74, 6) is 0. The molecule has 0 fully saturated rings. The van der Waals surface area contributed by atoms with E-state index < -0.39 is 0 Å². The Labute approximate surface area is 144 Å². The Hall–Kier alpha value is -2.41. The van der Waals surface area contributed by atoms with Gasteiger partial charge in [-0.25, -0.2) is 0 Å². The average molecular weight is 316 g/mol. The molecule has 0 saturated carbocycles. The summed E-state index contributed by atoms with van der Waals surface area (Å²) in [5.41, 5.74) is 3.59. The van der Waals surface area contributed by atoms with Gasteiger partial charge in [0.2, 0.25) is 0 Å². The summed E-state index contributed by atoms with van der Waals surface area (Å²) in [4.78, 5) is 11.2. The molecule has 0 aliphatic heterocycles. The predicted molar refractivity (Wildman–Crippen MR) is 102 cm³/mol. The molecule has 1 nitrogen and oxygen atoms in total. The van der Waals surface area contributed by atoms with Gasteiger partial charge in [-0.15, -0.1) is 0 Å². The minimum absolute atomic E-state index is 0.789. The molecule has 3 aromatic rings. The van der Waals surface area contributed by atoms with Gasteiger partial charge in [-0.2, -0.15) is 0 Å². The molecule has 0 aliphatic rings. The molecule has 0 aliphatic carbocycles. The third-order valence-electron chi connectivity index (χ3n) is 4.68. The van der Waals surface area contributed by atoms with E-state index in [0.29, 0.717) is 0 Å². The molecule has 0 N–H and O–H groups in total. The summed E-state index contributed by atoms with van der Waals surface area (Å²) in [6.45, 7) is 0. The van der Waals surface area contributed by atoms with Crippen LogP contribution in [-0.4, -0.2) is 6.29 Å². The van der Waals surface area contributed by atoms with E-state index >= 15 is 0 Å². The highest BCUT2D eigenvalue weighted by molar-refractivity contribution is 5.99. The van der Waals surface area contributed by atoms with Gasteiger partial charge in [-0.1, -0.05) is 79.6 Å². The normalized spacial score (nSPS) is 10.8. The highest BCUT2D eigenvalue weighted by atomic mass is 16.1. The third kappa shape index (κ3) is 4.11. The van der Waals surface area contributed by atoms with Crippen LogP contribution in [0.25, 0.3) is 10.8 Å². The van der Waals surface area contributed by atoms with Crippen molar-refractivity contribution in [3.63, 3.8) is 0 Å². The number of fused-ring (bicyclic) bond motifs is 1. The van der Waals surface area contributed by atoms with Crippen LogP contribution in [0.5, 0.6) is 0 Å². The first-order valence-corrected chi connectivity index (χ1v) is 8.88. The Morgan fingerprint density at radius 1 is 0.625 bits per heavy atom. The largest absolute Gasteiger partial charge is 0.298 e. The van der Waals surface area contributed by atoms with Crippen LogP contribution in [-0.2, 0) is 12.8 Å². The van der Waals surface area contributed by atoms with Gasteiger partial charge in [0, 0.05) is 5.56 Å². The Morgan fingerprint density at radius 2 is 1.29 bits per heavy atom. The molecule has 0 heterocycles. The first-order chi connectivity index (χ1) is 11.9. The van der Waals surface area contributed by atoms with Gasteiger partial charge in [-0.05, 0) is 47.6 Å². The second-order valence-corrected chi connectivity index (χ2v) is 6.38. The van der Waals surface area contributed by atoms with Crippen molar-refractivity contribution >= 4 is 17.1 Å². The van der Waals surface area contributed by atoms with Gasteiger partial charge in [0.05, 0.1) is 0 Å². The maximum atomic E-state index is 11.2. The molecule has 3 aromatic carbocycles. The highest BCUT2D eigenvalue weighted by Gasteiger charge is 2.05. The van der Waals surface area contributed by atoms with E-state index in [1.54, 1.807) is 0 Å². The number of hydrogen-bond donors (Lipinski definition) is 0. The molecule has 0 bridgehead atoms. The fourth-order valence-electron chi connectivity index (χ4n) is 3.35. The molecule has 3 rings (SSSR count). The van der Waals surface area contributed by atoms with Crippen molar-refractivity contribution in [3.05, 3.63) is 83.4 Å². The van der Waals surface area contributed by atoms with Crippen molar-refractivity contribution < 1.29 is 4.79 Å². The molecular formula is C23H24O. The van der Waals surface area contributed by atoms with Crippen LogP contribution < -0.4 is 0 Å². The second kappa shape index (κ2) is 8.44.